The van der Waals surface area contributed by atoms with Gasteiger partial charge in [-0.25, -0.2) is 16.8 Å². The predicted octanol–water partition coefficient (Wildman–Crippen LogP) is 5.26. The van der Waals surface area contributed by atoms with E-state index in [4.69, 9.17) is 0 Å². The molecule has 0 aliphatic carbocycles. The highest BCUT2D eigenvalue weighted by Gasteiger charge is 2.25. The second kappa shape index (κ2) is 9.17. The summed E-state index contributed by atoms with van der Waals surface area (Å²) in [4.78, 5) is 4.35. The number of aryl methyl sites for hydroxylation is 1. The minimum absolute atomic E-state index is 0.0539. The van der Waals surface area contributed by atoms with E-state index in [-0.39, 0.29) is 14.0 Å². The molecule has 2 aromatic carbocycles. The van der Waals surface area contributed by atoms with Gasteiger partial charge in [0, 0.05) is 17.0 Å². The van der Waals surface area contributed by atoms with Crippen LogP contribution in [0, 0.1) is 6.92 Å². The van der Waals surface area contributed by atoms with E-state index in [9.17, 15) is 16.8 Å². The van der Waals surface area contributed by atoms with Gasteiger partial charge in [-0.05, 0) is 36.8 Å². The van der Waals surface area contributed by atoms with E-state index in [0.29, 0.717) is 16.8 Å². The number of hydrogen-bond acceptors (Lipinski definition) is 6. The predicted molar refractivity (Wildman–Crippen MR) is 125 cm³/mol. The minimum Gasteiger partial charge on any atom is -0.276 e. The summed E-state index contributed by atoms with van der Waals surface area (Å²) in [6.45, 7) is 5.78. The van der Waals surface area contributed by atoms with Crippen LogP contribution in [0.25, 0.3) is 10.9 Å². The number of fused-ring (bicyclic) bond motifs is 1. The van der Waals surface area contributed by atoms with Crippen molar-refractivity contribution in [3.63, 3.8) is 0 Å². The molecule has 0 aliphatic rings. The molecule has 0 saturated carbocycles. The van der Waals surface area contributed by atoms with Crippen molar-refractivity contribution in [1.29, 1.82) is 0 Å². The SMILES string of the molecule is CC.Cc1ccc2cccnc2c1NS(=O)(=O)c1cc(S(=O)(=O)c2ccccc2)cs1. The molecule has 0 aliphatic heterocycles. The lowest BCUT2D eigenvalue weighted by Gasteiger charge is -2.11. The summed E-state index contributed by atoms with van der Waals surface area (Å²) in [6, 6.07) is 16.4. The Labute approximate surface area is 186 Å². The van der Waals surface area contributed by atoms with Crippen molar-refractivity contribution in [2.24, 2.45) is 0 Å². The first-order valence-corrected chi connectivity index (χ1v) is 13.4. The van der Waals surface area contributed by atoms with Crippen molar-refractivity contribution >= 4 is 47.8 Å². The number of sulfone groups is 1. The topological polar surface area (TPSA) is 93.2 Å². The molecule has 2 heterocycles. The number of hydrogen-bond donors (Lipinski definition) is 1. The largest absolute Gasteiger partial charge is 0.276 e. The Bertz CT molecular complexity index is 1410. The molecular weight excluding hydrogens is 452 g/mol. The number of pyridine rings is 1. The Morgan fingerprint density at radius 2 is 1.58 bits per heavy atom. The molecule has 162 valence electrons. The third-order valence-electron chi connectivity index (χ3n) is 4.40. The van der Waals surface area contributed by atoms with Crippen LogP contribution in [0.1, 0.15) is 19.4 Å². The lowest BCUT2D eigenvalue weighted by molar-refractivity contribution is 0.596. The number of nitrogens with zero attached hydrogens (tertiary/aromatic N) is 1. The van der Waals surface area contributed by atoms with Crippen molar-refractivity contribution < 1.29 is 16.8 Å². The van der Waals surface area contributed by atoms with Crippen LogP contribution in [0.3, 0.4) is 0 Å². The highest BCUT2D eigenvalue weighted by molar-refractivity contribution is 7.95. The van der Waals surface area contributed by atoms with Crippen LogP contribution >= 0.6 is 11.3 Å². The third-order valence-corrected chi connectivity index (χ3v) is 9.09. The maximum Gasteiger partial charge on any atom is 0.271 e. The maximum atomic E-state index is 13.0. The van der Waals surface area contributed by atoms with Gasteiger partial charge in [0.25, 0.3) is 10.0 Å². The van der Waals surface area contributed by atoms with Crippen LogP contribution in [0.4, 0.5) is 5.69 Å². The van der Waals surface area contributed by atoms with Gasteiger partial charge in [-0.1, -0.05) is 50.2 Å². The number of rotatable bonds is 5. The first-order chi connectivity index (χ1) is 14.8. The first-order valence-electron chi connectivity index (χ1n) is 9.55. The zero-order chi connectivity index (χ0) is 22.6. The van der Waals surface area contributed by atoms with Gasteiger partial charge >= 0.3 is 0 Å². The average Bonchev–Trinajstić information content (AvgIpc) is 3.30. The molecule has 0 fully saturated rings. The quantitative estimate of drug-likeness (QED) is 0.426. The monoisotopic (exact) mass is 474 g/mol. The zero-order valence-electron chi connectivity index (χ0n) is 17.2. The Morgan fingerprint density at radius 1 is 0.871 bits per heavy atom. The average molecular weight is 475 g/mol. The number of benzene rings is 2. The van der Waals surface area contributed by atoms with Crippen LogP contribution in [-0.4, -0.2) is 21.8 Å². The molecule has 0 saturated heterocycles. The molecule has 0 amide bonds. The summed E-state index contributed by atoms with van der Waals surface area (Å²) in [6.07, 6.45) is 1.59. The third kappa shape index (κ3) is 4.63. The van der Waals surface area contributed by atoms with E-state index in [0.717, 1.165) is 16.7 Å². The Morgan fingerprint density at radius 3 is 2.29 bits per heavy atom. The first kappa shape index (κ1) is 22.9. The van der Waals surface area contributed by atoms with Crippen molar-refractivity contribution in [2.75, 3.05) is 4.72 Å². The molecule has 1 N–H and O–H groups in total. The van der Waals surface area contributed by atoms with Crippen LogP contribution in [-0.2, 0) is 19.9 Å². The van der Waals surface area contributed by atoms with Gasteiger partial charge < -0.3 is 0 Å². The molecule has 2 aromatic heterocycles. The summed E-state index contributed by atoms with van der Waals surface area (Å²) < 4.78 is 53.9. The van der Waals surface area contributed by atoms with Gasteiger partial charge in [-0.3, -0.25) is 9.71 Å². The second-order valence-electron chi connectivity index (χ2n) is 6.36. The van der Waals surface area contributed by atoms with Gasteiger partial charge in [-0.2, -0.15) is 0 Å². The van der Waals surface area contributed by atoms with Crippen LogP contribution in [0.5, 0.6) is 0 Å². The molecule has 0 atom stereocenters. The van der Waals surface area contributed by atoms with E-state index in [1.165, 1.54) is 23.6 Å². The highest BCUT2D eigenvalue weighted by atomic mass is 32.2. The van der Waals surface area contributed by atoms with Crippen molar-refractivity contribution in [2.45, 2.75) is 34.8 Å². The molecule has 0 radical (unpaired) electrons. The van der Waals surface area contributed by atoms with Gasteiger partial charge in [0.05, 0.1) is 21.0 Å². The molecule has 0 spiro atoms. The van der Waals surface area contributed by atoms with Gasteiger partial charge in [-0.15, -0.1) is 11.3 Å². The van der Waals surface area contributed by atoms with Gasteiger partial charge in [0.2, 0.25) is 9.84 Å². The lowest BCUT2D eigenvalue weighted by atomic mass is 10.1. The normalized spacial score (nSPS) is 11.6. The number of aromatic nitrogens is 1. The highest BCUT2D eigenvalue weighted by Crippen LogP contribution is 2.32. The fourth-order valence-electron chi connectivity index (χ4n) is 2.88. The van der Waals surface area contributed by atoms with Crippen molar-refractivity contribution in [3.8, 4) is 0 Å². The van der Waals surface area contributed by atoms with E-state index in [1.807, 2.05) is 32.0 Å². The molecule has 4 aromatic rings. The van der Waals surface area contributed by atoms with E-state index in [2.05, 4.69) is 9.71 Å². The molecule has 9 heteroatoms. The Hall–Kier alpha value is -2.75. The number of thiophene rings is 1. The molecule has 0 unspecified atom stereocenters. The fourth-order valence-corrected chi connectivity index (χ4v) is 6.92. The maximum absolute atomic E-state index is 13.0. The number of sulfonamides is 1. The second-order valence-corrected chi connectivity index (χ2v) is 11.1. The standard InChI is InChI=1S/C20H16N2O4S3.C2H6/c1-14-9-10-15-6-5-11-21-20(15)19(14)22-29(25,26)18-12-17(13-27-18)28(23,24)16-7-3-2-4-8-16;1-2/h2-13,22H,1H3;1-2H3. The Kier molecular flexibility index (Phi) is 6.78. The summed E-state index contributed by atoms with van der Waals surface area (Å²) in [5.41, 5.74) is 1.63. The Balaban J connectivity index is 0.00000132. The van der Waals surface area contributed by atoms with Gasteiger partial charge in [0.15, 0.2) is 0 Å². The van der Waals surface area contributed by atoms with Crippen molar-refractivity contribution in [3.05, 3.63) is 77.8 Å². The molecular formula is C22H22N2O4S3. The summed E-state index contributed by atoms with van der Waals surface area (Å²) >= 11 is 0.858. The van der Waals surface area contributed by atoms with Crippen molar-refractivity contribution in [1.82, 2.24) is 4.98 Å². The van der Waals surface area contributed by atoms with Crippen LogP contribution < -0.4 is 4.72 Å². The lowest BCUT2D eigenvalue weighted by Crippen LogP contribution is -2.13. The van der Waals surface area contributed by atoms with E-state index >= 15 is 0 Å². The fraction of sp³-hybridized carbons (Fsp3) is 0.136. The molecule has 0 bridgehead atoms. The summed E-state index contributed by atoms with van der Waals surface area (Å²) in [7, 11) is -7.77. The summed E-state index contributed by atoms with van der Waals surface area (Å²) in [5, 5.41) is 2.14. The number of anilines is 1. The van der Waals surface area contributed by atoms with Crippen LogP contribution in [0.2, 0.25) is 0 Å². The zero-order valence-corrected chi connectivity index (χ0v) is 19.7. The molecule has 31 heavy (non-hydrogen) atoms. The van der Waals surface area contributed by atoms with E-state index < -0.39 is 19.9 Å². The van der Waals surface area contributed by atoms with Crippen LogP contribution in [0.15, 0.2) is 86.2 Å². The smallest absolute Gasteiger partial charge is 0.271 e. The summed E-state index contributed by atoms with van der Waals surface area (Å²) in [5.74, 6) is 0. The minimum atomic E-state index is -3.98. The van der Waals surface area contributed by atoms with Gasteiger partial charge in [0.1, 0.15) is 4.21 Å². The molecule has 4 rings (SSSR count). The van der Waals surface area contributed by atoms with E-state index in [1.54, 1.807) is 37.4 Å². The molecule has 6 nitrogen and oxygen atoms in total. The number of nitrogens with one attached hydrogen (secondary N) is 1.